The van der Waals surface area contributed by atoms with E-state index in [1.165, 1.54) is 4.88 Å². The fourth-order valence-electron chi connectivity index (χ4n) is 1.98. The molecule has 0 aliphatic carbocycles. The van der Waals surface area contributed by atoms with Crippen molar-refractivity contribution in [2.45, 2.75) is 39.8 Å². The number of aromatic nitrogens is 2. The molecule has 1 atom stereocenters. The van der Waals surface area contributed by atoms with Crippen molar-refractivity contribution in [1.82, 2.24) is 9.78 Å². The maximum absolute atomic E-state index is 10.3. The van der Waals surface area contributed by atoms with Gasteiger partial charge in [-0.3, -0.25) is 4.68 Å². The predicted octanol–water partition coefficient (Wildman–Crippen LogP) is 3.51. The first-order valence-electron chi connectivity index (χ1n) is 5.99. The normalized spacial score (nSPS) is 12.9. The summed E-state index contributed by atoms with van der Waals surface area (Å²) in [6.07, 6.45) is -0.00407. The van der Waals surface area contributed by atoms with Crippen molar-refractivity contribution < 1.29 is 5.11 Å². The third-order valence-electron chi connectivity index (χ3n) is 2.93. The molecule has 0 aromatic carbocycles. The van der Waals surface area contributed by atoms with Gasteiger partial charge < -0.3 is 5.11 Å². The SMILES string of the molecule is CCn1nc(C)c(Cl)c1CC(O)c1ccc(C)s1. The van der Waals surface area contributed by atoms with E-state index < -0.39 is 6.10 Å². The highest BCUT2D eigenvalue weighted by Gasteiger charge is 2.18. The molecule has 0 amide bonds. The molecule has 0 spiro atoms. The van der Waals surface area contributed by atoms with E-state index in [4.69, 9.17) is 11.6 Å². The Morgan fingerprint density at radius 1 is 1.44 bits per heavy atom. The van der Waals surface area contributed by atoms with Crippen LogP contribution in [-0.2, 0) is 13.0 Å². The van der Waals surface area contributed by atoms with E-state index in [0.717, 1.165) is 22.8 Å². The third kappa shape index (κ3) is 2.60. The van der Waals surface area contributed by atoms with Gasteiger partial charge >= 0.3 is 0 Å². The molecular formula is C13H17ClN2OS. The first-order valence-corrected chi connectivity index (χ1v) is 7.18. The number of thiophene rings is 1. The maximum Gasteiger partial charge on any atom is 0.0937 e. The smallest absolute Gasteiger partial charge is 0.0937 e. The van der Waals surface area contributed by atoms with Crippen LogP contribution in [0.25, 0.3) is 0 Å². The van der Waals surface area contributed by atoms with Crippen LogP contribution < -0.4 is 0 Å². The number of aryl methyl sites for hydroxylation is 3. The van der Waals surface area contributed by atoms with Gasteiger partial charge in [-0.25, -0.2) is 0 Å². The van der Waals surface area contributed by atoms with Gasteiger partial charge in [0.1, 0.15) is 0 Å². The molecule has 0 radical (unpaired) electrons. The highest BCUT2D eigenvalue weighted by Crippen LogP contribution is 2.29. The lowest BCUT2D eigenvalue weighted by Crippen LogP contribution is -2.08. The van der Waals surface area contributed by atoms with Gasteiger partial charge in [-0.2, -0.15) is 5.10 Å². The Hall–Kier alpha value is -0.840. The summed E-state index contributed by atoms with van der Waals surface area (Å²) in [4.78, 5) is 2.18. The molecule has 2 aromatic heterocycles. The Morgan fingerprint density at radius 3 is 2.72 bits per heavy atom. The highest BCUT2D eigenvalue weighted by atomic mass is 35.5. The van der Waals surface area contributed by atoms with Crippen molar-refractivity contribution in [3.05, 3.63) is 38.3 Å². The lowest BCUT2D eigenvalue weighted by atomic mass is 10.1. The lowest BCUT2D eigenvalue weighted by Gasteiger charge is -2.10. The number of hydrogen-bond donors (Lipinski definition) is 1. The summed E-state index contributed by atoms with van der Waals surface area (Å²) in [5.41, 5.74) is 1.73. The number of halogens is 1. The summed E-state index contributed by atoms with van der Waals surface area (Å²) in [5.74, 6) is 0. The third-order valence-corrected chi connectivity index (χ3v) is 4.52. The van der Waals surface area contributed by atoms with Crippen LogP contribution >= 0.6 is 22.9 Å². The molecule has 2 aromatic rings. The van der Waals surface area contributed by atoms with E-state index in [1.54, 1.807) is 11.3 Å². The minimum Gasteiger partial charge on any atom is -0.387 e. The average Bonchev–Trinajstić information content (AvgIpc) is 2.88. The first kappa shape index (κ1) is 13.6. The fourth-order valence-corrected chi connectivity index (χ4v) is 3.06. The molecule has 2 heterocycles. The summed E-state index contributed by atoms with van der Waals surface area (Å²) < 4.78 is 1.86. The fraction of sp³-hybridized carbons (Fsp3) is 0.462. The second kappa shape index (κ2) is 5.43. The van der Waals surface area contributed by atoms with Gasteiger partial charge in [-0.1, -0.05) is 11.6 Å². The van der Waals surface area contributed by atoms with E-state index in [2.05, 4.69) is 5.10 Å². The Labute approximate surface area is 116 Å². The van der Waals surface area contributed by atoms with Crippen molar-refractivity contribution >= 4 is 22.9 Å². The van der Waals surface area contributed by atoms with Gasteiger partial charge in [-0.15, -0.1) is 11.3 Å². The molecule has 5 heteroatoms. The van der Waals surface area contributed by atoms with Crippen LogP contribution in [0.5, 0.6) is 0 Å². The van der Waals surface area contributed by atoms with Gasteiger partial charge in [-0.05, 0) is 32.9 Å². The number of aliphatic hydroxyl groups is 1. The Bertz CT molecular complexity index is 547. The van der Waals surface area contributed by atoms with E-state index in [9.17, 15) is 5.11 Å². The molecule has 0 aliphatic rings. The maximum atomic E-state index is 10.3. The summed E-state index contributed by atoms with van der Waals surface area (Å²) in [6.45, 7) is 6.71. The van der Waals surface area contributed by atoms with Crippen molar-refractivity contribution in [2.75, 3.05) is 0 Å². The van der Waals surface area contributed by atoms with Crippen LogP contribution in [0.2, 0.25) is 5.02 Å². The number of rotatable bonds is 4. The zero-order valence-electron chi connectivity index (χ0n) is 10.8. The predicted molar refractivity (Wildman–Crippen MR) is 75.4 cm³/mol. The largest absolute Gasteiger partial charge is 0.387 e. The standard InChI is InChI=1S/C13H17ClN2OS/c1-4-16-10(13(14)9(3)15-16)7-11(17)12-6-5-8(2)18-12/h5-6,11,17H,4,7H2,1-3H3. The second-order valence-corrected chi connectivity index (χ2v) is 6.03. The van der Waals surface area contributed by atoms with E-state index in [-0.39, 0.29) is 0 Å². The molecule has 0 saturated carbocycles. The quantitative estimate of drug-likeness (QED) is 0.933. The summed E-state index contributed by atoms with van der Waals surface area (Å²) in [7, 11) is 0. The van der Waals surface area contributed by atoms with Crippen LogP contribution in [0, 0.1) is 13.8 Å². The van der Waals surface area contributed by atoms with E-state index in [0.29, 0.717) is 11.4 Å². The van der Waals surface area contributed by atoms with Gasteiger partial charge in [0.15, 0.2) is 0 Å². The second-order valence-electron chi connectivity index (χ2n) is 4.33. The van der Waals surface area contributed by atoms with Gasteiger partial charge in [0.05, 0.1) is 22.5 Å². The first-order chi connectivity index (χ1) is 8.52. The van der Waals surface area contributed by atoms with Crippen LogP contribution in [0.1, 0.15) is 34.2 Å². The highest BCUT2D eigenvalue weighted by molar-refractivity contribution is 7.12. The number of hydrogen-bond acceptors (Lipinski definition) is 3. The summed E-state index contributed by atoms with van der Waals surface area (Å²) in [6, 6.07) is 3.99. The van der Waals surface area contributed by atoms with Crippen molar-refractivity contribution in [3.63, 3.8) is 0 Å². The van der Waals surface area contributed by atoms with Crippen molar-refractivity contribution in [3.8, 4) is 0 Å². The van der Waals surface area contributed by atoms with Crippen molar-refractivity contribution in [1.29, 1.82) is 0 Å². The van der Waals surface area contributed by atoms with Crippen LogP contribution in [0.15, 0.2) is 12.1 Å². The van der Waals surface area contributed by atoms with Crippen molar-refractivity contribution in [2.24, 2.45) is 0 Å². The molecule has 0 aliphatic heterocycles. The lowest BCUT2D eigenvalue weighted by molar-refractivity contribution is 0.179. The number of aliphatic hydroxyl groups excluding tert-OH is 1. The van der Waals surface area contributed by atoms with Crippen LogP contribution in [0.4, 0.5) is 0 Å². The topological polar surface area (TPSA) is 38.0 Å². The summed E-state index contributed by atoms with van der Waals surface area (Å²) >= 11 is 7.86. The molecule has 0 bridgehead atoms. The monoisotopic (exact) mass is 284 g/mol. The van der Waals surface area contributed by atoms with Crippen LogP contribution in [-0.4, -0.2) is 14.9 Å². The minimum absolute atomic E-state index is 0.507. The van der Waals surface area contributed by atoms with Gasteiger partial charge in [0.2, 0.25) is 0 Å². The molecule has 2 rings (SSSR count). The van der Waals surface area contributed by atoms with Gasteiger partial charge in [0.25, 0.3) is 0 Å². The number of nitrogens with zero attached hydrogens (tertiary/aromatic N) is 2. The molecule has 0 saturated heterocycles. The average molecular weight is 285 g/mol. The molecule has 1 unspecified atom stereocenters. The Kier molecular flexibility index (Phi) is 4.10. The molecular weight excluding hydrogens is 268 g/mol. The zero-order chi connectivity index (χ0) is 13.3. The minimum atomic E-state index is -0.511. The molecule has 1 N–H and O–H groups in total. The Morgan fingerprint density at radius 2 is 2.17 bits per heavy atom. The van der Waals surface area contributed by atoms with Gasteiger partial charge in [0, 0.05) is 22.7 Å². The molecule has 98 valence electrons. The molecule has 18 heavy (non-hydrogen) atoms. The Balaban J connectivity index is 2.23. The van der Waals surface area contributed by atoms with Crippen LogP contribution in [0.3, 0.4) is 0 Å². The zero-order valence-corrected chi connectivity index (χ0v) is 12.3. The van der Waals surface area contributed by atoms with E-state index in [1.807, 2.05) is 37.6 Å². The molecule has 3 nitrogen and oxygen atoms in total. The van der Waals surface area contributed by atoms with E-state index >= 15 is 0 Å². The molecule has 0 fully saturated rings. The summed E-state index contributed by atoms with van der Waals surface area (Å²) in [5, 5.41) is 15.3.